The number of fused-ring (bicyclic) bond motifs is 4. The van der Waals surface area contributed by atoms with E-state index >= 15 is 0 Å². The van der Waals surface area contributed by atoms with Crippen molar-refractivity contribution in [1.82, 2.24) is 14.5 Å². The topological polar surface area (TPSA) is 55.1 Å². The van der Waals surface area contributed by atoms with Crippen molar-refractivity contribution in [2.45, 2.75) is 37.3 Å². The van der Waals surface area contributed by atoms with Crippen LogP contribution in [-0.4, -0.2) is 59.7 Å². The number of anilines is 1. The van der Waals surface area contributed by atoms with Crippen LogP contribution in [0.1, 0.15) is 36.1 Å². The number of aryl methyl sites for hydroxylation is 1. The number of nitrogens with zero attached hydrogens (tertiary/aromatic N) is 5. The molecule has 190 valence electrons. The second kappa shape index (κ2) is 7.84. The molecule has 0 radical (unpaired) electrons. The van der Waals surface area contributed by atoms with Crippen LogP contribution in [0.15, 0.2) is 59.7 Å². The predicted octanol–water partition coefficient (Wildman–Crippen LogP) is 4.68. The van der Waals surface area contributed by atoms with Crippen molar-refractivity contribution in [3.63, 3.8) is 0 Å². The van der Waals surface area contributed by atoms with Crippen molar-refractivity contribution in [3.05, 3.63) is 77.3 Å². The smallest absolute Gasteiger partial charge is 0.167 e. The number of rotatable bonds is 3. The molecule has 2 aromatic carbocycles. The summed E-state index contributed by atoms with van der Waals surface area (Å²) in [6.07, 6.45) is 8.81. The highest BCUT2D eigenvalue weighted by Gasteiger charge is 2.58. The Bertz CT molecular complexity index is 1470. The molecule has 2 spiro atoms. The van der Waals surface area contributed by atoms with Gasteiger partial charge in [-0.3, -0.25) is 4.99 Å². The van der Waals surface area contributed by atoms with E-state index in [4.69, 9.17) is 14.5 Å². The minimum absolute atomic E-state index is 0.186. The van der Waals surface area contributed by atoms with Gasteiger partial charge in [0.25, 0.3) is 0 Å². The lowest BCUT2D eigenvalue weighted by atomic mass is 9.84. The van der Waals surface area contributed by atoms with Crippen LogP contribution in [0.25, 0.3) is 11.8 Å². The van der Waals surface area contributed by atoms with Gasteiger partial charge in [-0.25, -0.2) is 9.37 Å². The lowest BCUT2D eigenvalue weighted by Gasteiger charge is -2.50. The molecule has 1 saturated heterocycles. The maximum atomic E-state index is 14.2. The standard InChI is InChI=1S/C29H30FN5O2/c1-19-15-34(18-32-19)23-7-4-20(12-25(23)36-3)13-26-27-31-11-10-29(35(27)16-28(37-26)8-9-28)17-33(2)24-14-21(30)5-6-22(24)29/h4-7,12-15,18H,8-11,16-17H2,1-3H3/b26-13-. The van der Waals surface area contributed by atoms with Gasteiger partial charge in [-0.15, -0.1) is 0 Å². The van der Waals surface area contributed by atoms with Gasteiger partial charge in [-0.1, -0.05) is 12.1 Å². The molecule has 1 saturated carbocycles. The number of aliphatic imine (C=N–C) groups is 1. The summed E-state index contributed by atoms with van der Waals surface area (Å²) >= 11 is 0. The molecule has 2 fully saturated rings. The van der Waals surface area contributed by atoms with Crippen LogP contribution in [0.3, 0.4) is 0 Å². The number of imidazole rings is 1. The van der Waals surface area contributed by atoms with Crippen molar-refractivity contribution < 1.29 is 13.9 Å². The highest BCUT2D eigenvalue weighted by molar-refractivity contribution is 6.02. The Morgan fingerprint density at radius 2 is 1.95 bits per heavy atom. The van der Waals surface area contributed by atoms with Gasteiger partial charge in [0.05, 0.1) is 36.9 Å². The van der Waals surface area contributed by atoms with E-state index in [1.807, 2.05) is 35.9 Å². The molecule has 4 heterocycles. The minimum Gasteiger partial charge on any atom is -0.495 e. The SMILES string of the molecule is COc1cc(/C=C2\OC3(CC3)CN3C2=NCCC32CN(C)c3cc(F)ccc32)ccc1-n1cnc(C)c1. The first-order valence-electron chi connectivity index (χ1n) is 12.8. The highest BCUT2D eigenvalue weighted by atomic mass is 19.1. The quantitative estimate of drug-likeness (QED) is 0.524. The van der Waals surface area contributed by atoms with E-state index in [0.29, 0.717) is 6.54 Å². The summed E-state index contributed by atoms with van der Waals surface area (Å²) in [5.41, 5.74) is 4.59. The second-order valence-electron chi connectivity index (χ2n) is 10.7. The number of amidine groups is 1. The number of halogens is 1. The van der Waals surface area contributed by atoms with Crippen molar-refractivity contribution >= 4 is 17.6 Å². The van der Waals surface area contributed by atoms with E-state index in [9.17, 15) is 4.39 Å². The number of aromatic nitrogens is 2. The third-order valence-corrected chi connectivity index (χ3v) is 8.22. The predicted molar refractivity (Wildman–Crippen MR) is 141 cm³/mol. The Balaban J connectivity index is 1.29. The molecule has 1 atom stereocenters. The van der Waals surface area contributed by atoms with Crippen LogP contribution in [0.2, 0.25) is 0 Å². The molecular formula is C29H30FN5O2. The van der Waals surface area contributed by atoms with Gasteiger partial charge < -0.3 is 23.8 Å². The zero-order valence-electron chi connectivity index (χ0n) is 21.4. The monoisotopic (exact) mass is 499 g/mol. The van der Waals surface area contributed by atoms with Gasteiger partial charge in [0.2, 0.25) is 0 Å². The Hall–Kier alpha value is -3.81. The molecule has 7 nitrogen and oxygen atoms in total. The molecule has 4 aliphatic rings. The van der Waals surface area contributed by atoms with Gasteiger partial charge in [0.15, 0.2) is 11.6 Å². The second-order valence-corrected chi connectivity index (χ2v) is 10.7. The Kier molecular flexibility index (Phi) is 4.75. The lowest BCUT2D eigenvalue weighted by Crippen LogP contribution is -2.60. The molecule has 3 aliphatic heterocycles. The van der Waals surface area contributed by atoms with E-state index < -0.39 is 0 Å². The number of benzene rings is 2. The van der Waals surface area contributed by atoms with Crippen LogP contribution < -0.4 is 9.64 Å². The molecule has 1 aromatic heterocycles. The molecule has 8 heteroatoms. The summed E-state index contributed by atoms with van der Waals surface area (Å²) in [4.78, 5) is 14.0. The molecule has 0 bridgehead atoms. The first kappa shape index (κ1) is 22.4. The fourth-order valence-corrected chi connectivity index (χ4v) is 6.22. The fraction of sp³-hybridized carbons (Fsp3) is 0.379. The van der Waals surface area contributed by atoms with Crippen molar-refractivity contribution in [2.75, 3.05) is 38.7 Å². The number of morpholine rings is 1. The molecule has 3 aromatic rings. The van der Waals surface area contributed by atoms with Gasteiger partial charge in [-0.2, -0.15) is 0 Å². The molecule has 1 unspecified atom stereocenters. The highest BCUT2D eigenvalue weighted by Crippen LogP contribution is 2.53. The number of hydrogen-bond donors (Lipinski definition) is 0. The van der Waals surface area contributed by atoms with E-state index in [-0.39, 0.29) is 17.0 Å². The molecular weight excluding hydrogens is 469 g/mol. The lowest BCUT2D eigenvalue weighted by molar-refractivity contribution is 0.0151. The Labute approximate surface area is 215 Å². The Morgan fingerprint density at radius 1 is 1.08 bits per heavy atom. The van der Waals surface area contributed by atoms with E-state index in [0.717, 1.165) is 72.3 Å². The van der Waals surface area contributed by atoms with Gasteiger partial charge >= 0.3 is 0 Å². The van der Waals surface area contributed by atoms with Gasteiger partial charge in [-0.05, 0) is 62.1 Å². The zero-order valence-corrected chi connectivity index (χ0v) is 21.4. The van der Waals surface area contributed by atoms with Crippen molar-refractivity contribution in [3.8, 4) is 11.4 Å². The molecule has 0 amide bonds. The third-order valence-electron chi connectivity index (χ3n) is 8.22. The largest absolute Gasteiger partial charge is 0.495 e. The van der Waals surface area contributed by atoms with Crippen LogP contribution >= 0.6 is 0 Å². The first-order valence-corrected chi connectivity index (χ1v) is 12.8. The average Bonchev–Trinajstić information content (AvgIpc) is 3.38. The molecule has 7 rings (SSSR count). The van der Waals surface area contributed by atoms with Crippen LogP contribution in [0.5, 0.6) is 5.75 Å². The number of hydrogen-bond acceptors (Lipinski definition) is 6. The summed E-state index contributed by atoms with van der Waals surface area (Å²) in [6, 6.07) is 11.4. The number of methoxy groups -OCH3 is 1. The van der Waals surface area contributed by atoms with E-state index in [1.54, 1.807) is 25.6 Å². The minimum atomic E-state index is -0.242. The fourth-order valence-electron chi connectivity index (χ4n) is 6.22. The van der Waals surface area contributed by atoms with Gasteiger partial charge in [0.1, 0.15) is 17.2 Å². The summed E-state index contributed by atoms with van der Waals surface area (Å²) in [7, 11) is 3.74. The van der Waals surface area contributed by atoms with Crippen molar-refractivity contribution in [2.24, 2.45) is 4.99 Å². The normalized spacial score (nSPS) is 24.2. The summed E-state index contributed by atoms with van der Waals surface area (Å²) in [5.74, 6) is 2.25. The van der Waals surface area contributed by atoms with E-state index in [1.165, 1.54) is 5.56 Å². The summed E-state index contributed by atoms with van der Waals surface area (Å²) in [6.45, 7) is 4.28. The summed E-state index contributed by atoms with van der Waals surface area (Å²) < 4.78 is 28.5. The molecule has 1 aliphatic carbocycles. The third kappa shape index (κ3) is 3.45. The van der Waals surface area contributed by atoms with E-state index in [2.05, 4.69) is 34.0 Å². The van der Waals surface area contributed by atoms with Crippen LogP contribution in [-0.2, 0) is 10.3 Å². The van der Waals surface area contributed by atoms with Gasteiger partial charge in [0, 0.05) is 37.6 Å². The van der Waals surface area contributed by atoms with Crippen LogP contribution in [0, 0.1) is 12.7 Å². The maximum absolute atomic E-state index is 14.2. The summed E-state index contributed by atoms with van der Waals surface area (Å²) in [5, 5.41) is 0. The first-order chi connectivity index (χ1) is 17.9. The Morgan fingerprint density at radius 3 is 2.70 bits per heavy atom. The molecule has 37 heavy (non-hydrogen) atoms. The molecule has 0 N–H and O–H groups in total. The van der Waals surface area contributed by atoms with Crippen molar-refractivity contribution in [1.29, 1.82) is 0 Å². The van der Waals surface area contributed by atoms with Crippen LogP contribution in [0.4, 0.5) is 10.1 Å². The zero-order chi connectivity index (χ0) is 25.4. The number of likely N-dealkylation sites (N-methyl/N-ethyl adjacent to an activating group) is 1. The average molecular weight is 500 g/mol. The number of ether oxygens (including phenoxy) is 2. The maximum Gasteiger partial charge on any atom is 0.167 e.